The number of rotatable bonds is 6. The number of benzene rings is 1. The van der Waals surface area contributed by atoms with E-state index in [0.29, 0.717) is 12.2 Å². The van der Waals surface area contributed by atoms with Gasteiger partial charge in [0.25, 0.3) is 0 Å². The van der Waals surface area contributed by atoms with Crippen LogP contribution in [-0.2, 0) is 16.4 Å². The molecule has 20 heavy (non-hydrogen) atoms. The van der Waals surface area contributed by atoms with E-state index in [1.165, 1.54) is 18.5 Å². The van der Waals surface area contributed by atoms with Crippen LogP contribution in [0.1, 0.15) is 24.4 Å². The predicted molar refractivity (Wildman–Crippen MR) is 72.4 cm³/mol. The molecule has 1 unspecified atom stereocenters. The SMILES string of the molecule is CC(NS(=O)(=O)c1ccc(CCO)cc1)c1ncn[nH]1. The molecule has 1 heterocycles. The van der Waals surface area contributed by atoms with Crippen molar-refractivity contribution in [3.8, 4) is 0 Å². The Morgan fingerprint density at radius 3 is 2.60 bits per heavy atom. The molecule has 1 atom stereocenters. The van der Waals surface area contributed by atoms with Crippen LogP contribution >= 0.6 is 0 Å². The van der Waals surface area contributed by atoms with Gasteiger partial charge in [-0.15, -0.1) is 0 Å². The Morgan fingerprint density at radius 2 is 2.05 bits per heavy atom. The molecule has 0 saturated carbocycles. The highest BCUT2D eigenvalue weighted by Crippen LogP contribution is 2.14. The number of nitrogens with one attached hydrogen (secondary N) is 2. The third-order valence-corrected chi connectivity index (χ3v) is 4.37. The number of hydrogen-bond acceptors (Lipinski definition) is 5. The molecule has 1 aromatic carbocycles. The first kappa shape index (κ1) is 14.6. The minimum absolute atomic E-state index is 0.0346. The zero-order valence-corrected chi connectivity index (χ0v) is 11.8. The lowest BCUT2D eigenvalue weighted by atomic mass is 10.2. The zero-order chi connectivity index (χ0) is 14.6. The quantitative estimate of drug-likeness (QED) is 0.714. The number of sulfonamides is 1. The van der Waals surface area contributed by atoms with Gasteiger partial charge in [-0.1, -0.05) is 12.1 Å². The monoisotopic (exact) mass is 296 g/mol. The van der Waals surface area contributed by atoms with Gasteiger partial charge in [-0.3, -0.25) is 5.10 Å². The highest BCUT2D eigenvalue weighted by molar-refractivity contribution is 7.89. The van der Waals surface area contributed by atoms with Gasteiger partial charge in [-0.2, -0.15) is 5.10 Å². The van der Waals surface area contributed by atoms with Crippen molar-refractivity contribution in [1.82, 2.24) is 19.9 Å². The van der Waals surface area contributed by atoms with Crippen molar-refractivity contribution in [3.05, 3.63) is 42.0 Å². The zero-order valence-electron chi connectivity index (χ0n) is 10.9. The second-order valence-electron chi connectivity index (χ2n) is 4.33. The minimum Gasteiger partial charge on any atom is -0.396 e. The third kappa shape index (κ3) is 3.41. The van der Waals surface area contributed by atoms with Crippen LogP contribution in [0.15, 0.2) is 35.5 Å². The topological polar surface area (TPSA) is 108 Å². The van der Waals surface area contributed by atoms with E-state index < -0.39 is 16.1 Å². The molecule has 0 saturated heterocycles. The number of aliphatic hydroxyl groups excluding tert-OH is 1. The smallest absolute Gasteiger partial charge is 0.241 e. The van der Waals surface area contributed by atoms with Crippen LogP contribution < -0.4 is 4.72 Å². The number of aromatic amines is 1. The van der Waals surface area contributed by atoms with E-state index in [1.54, 1.807) is 19.1 Å². The summed E-state index contributed by atoms with van der Waals surface area (Å²) in [6, 6.07) is 5.90. The summed E-state index contributed by atoms with van der Waals surface area (Å²) in [5, 5.41) is 15.1. The molecule has 0 radical (unpaired) electrons. The van der Waals surface area contributed by atoms with E-state index >= 15 is 0 Å². The van der Waals surface area contributed by atoms with Crippen molar-refractivity contribution in [1.29, 1.82) is 0 Å². The molecule has 0 aliphatic rings. The summed E-state index contributed by atoms with van der Waals surface area (Å²) in [6.45, 7) is 1.71. The Hall–Kier alpha value is -1.77. The normalized spacial score (nSPS) is 13.3. The molecule has 0 aliphatic heterocycles. The van der Waals surface area contributed by atoms with Gasteiger partial charge < -0.3 is 5.11 Å². The largest absolute Gasteiger partial charge is 0.396 e. The van der Waals surface area contributed by atoms with Crippen LogP contribution in [0.5, 0.6) is 0 Å². The molecule has 0 spiro atoms. The summed E-state index contributed by atoms with van der Waals surface area (Å²) in [7, 11) is -3.62. The number of H-pyrrole nitrogens is 1. The Kier molecular flexibility index (Phi) is 4.48. The lowest BCUT2D eigenvalue weighted by Gasteiger charge is -2.12. The maximum absolute atomic E-state index is 12.2. The predicted octanol–water partition coefficient (Wildman–Crippen LogP) is 0.379. The average Bonchev–Trinajstić information content (AvgIpc) is 2.93. The molecule has 2 aromatic rings. The highest BCUT2D eigenvalue weighted by atomic mass is 32.2. The van der Waals surface area contributed by atoms with Crippen LogP contribution in [0.25, 0.3) is 0 Å². The standard InChI is InChI=1S/C12H16N4O3S/c1-9(12-13-8-14-15-12)16-20(18,19)11-4-2-10(3-5-11)6-7-17/h2-5,8-9,16-17H,6-7H2,1H3,(H,13,14,15). The summed E-state index contributed by atoms with van der Waals surface area (Å²) in [4.78, 5) is 4.08. The second-order valence-corrected chi connectivity index (χ2v) is 6.05. The van der Waals surface area contributed by atoms with Gasteiger partial charge in [-0.05, 0) is 31.0 Å². The Labute approximate surface area is 117 Å². The van der Waals surface area contributed by atoms with Crippen molar-refractivity contribution in [2.24, 2.45) is 0 Å². The van der Waals surface area contributed by atoms with E-state index in [-0.39, 0.29) is 11.5 Å². The molecule has 3 N–H and O–H groups in total. The number of aromatic nitrogens is 3. The lowest BCUT2D eigenvalue weighted by Crippen LogP contribution is -2.27. The molecular weight excluding hydrogens is 280 g/mol. The van der Waals surface area contributed by atoms with Crippen molar-refractivity contribution in [3.63, 3.8) is 0 Å². The maximum Gasteiger partial charge on any atom is 0.241 e. The lowest BCUT2D eigenvalue weighted by molar-refractivity contribution is 0.299. The second kappa shape index (κ2) is 6.12. The molecule has 0 fully saturated rings. The first-order valence-electron chi connectivity index (χ1n) is 6.10. The van der Waals surface area contributed by atoms with Gasteiger partial charge in [-0.25, -0.2) is 18.1 Å². The van der Waals surface area contributed by atoms with E-state index in [0.717, 1.165) is 5.56 Å². The first-order valence-corrected chi connectivity index (χ1v) is 7.58. The van der Waals surface area contributed by atoms with Crippen molar-refractivity contribution >= 4 is 10.0 Å². The molecule has 0 aliphatic carbocycles. The van der Waals surface area contributed by atoms with Gasteiger partial charge in [0.2, 0.25) is 10.0 Å². The highest BCUT2D eigenvalue weighted by Gasteiger charge is 2.19. The van der Waals surface area contributed by atoms with Crippen molar-refractivity contribution < 1.29 is 13.5 Å². The fourth-order valence-electron chi connectivity index (χ4n) is 1.74. The first-order chi connectivity index (χ1) is 9.53. The summed E-state index contributed by atoms with van der Waals surface area (Å²) >= 11 is 0. The van der Waals surface area contributed by atoms with Crippen LogP contribution in [-0.4, -0.2) is 35.3 Å². The van der Waals surface area contributed by atoms with E-state index in [1.807, 2.05) is 0 Å². The van der Waals surface area contributed by atoms with Gasteiger partial charge in [0.05, 0.1) is 10.9 Å². The Morgan fingerprint density at radius 1 is 1.35 bits per heavy atom. The Bertz CT molecular complexity index is 638. The molecule has 108 valence electrons. The third-order valence-electron chi connectivity index (χ3n) is 2.81. The van der Waals surface area contributed by atoms with E-state index in [2.05, 4.69) is 19.9 Å². The number of aliphatic hydroxyl groups is 1. The van der Waals surface area contributed by atoms with Crippen molar-refractivity contribution in [2.45, 2.75) is 24.3 Å². The molecule has 0 bridgehead atoms. The summed E-state index contributed by atoms with van der Waals surface area (Å²) in [5.74, 6) is 0.450. The van der Waals surface area contributed by atoms with Crippen LogP contribution in [0.4, 0.5) is 0 Å². The van der Waals surface area contributed by atoms with Gasteiger partial charge in [0.15, 0.2) is 0 Å². The molecule has 7 nitrogen and oxygen atoms in total. The maximum atomic E-state index is 12.2. The van der Waals surface area contributed by atoms with Crippen LogP contribution in [0, 0.1) is 0 Å². The fourth-order valence-corrected chi connectivity index (χ4v) is 2.95. The Balaban J connectivity index is 2.13. The summed E-state index contributed by atoms with van der Waals surface area (Å²) < 4.78 is 26.9. The van der Waals surface area contributed by atoms with Gasteiger partial charge >= 0.3 is 0 Å². The fraction of sp³-hybridized carbons (Fsp3) is 0.333. The summed E-state index contributed by atoms with van der Waals surface area (Å²) in [5.41, 5.74) is 0.884. The van der Waals surface area contributed by atoms with E-state index in [9.17, 15) is 8.42 Å². The summed E-state index contributed by atoms with van der Waals surface area (Å²) in [6.07, 6.45) is 1.83. The van der Waals surface area contributed by atoms with E-state index in [4.69, 9.17) is 5.11 Å². The molecule has 1 aromatic heterocycles. The van der Waals surface area contributed by atoms with Crippen LogP contribution in [0.2, 0.25) is 0 Å². The molecule has 2 rings (SSSR count). The van der Waals surface area contributed by atoms with Gasteiger partial charge in [0, 0.05) is 6.61 Å². The van der Waals surface area contributed by atoms with Crippen LogP contribution in [0.3, 0.4) is 0 Å². The number of nitrogens with zero attached hydrogens (tertiary/aromatic N) is 2. The van der Waals surface area contributed by atoms with Gasteiger partial charge in [0.1, 0.15) is 12.2 Å². The average molecular weight is 296 g/mol. The number of hydrogen-bond donors (Lipinski definition) is 3. The molecular formula is C12H16N4O3S. The molecule has 0 amide bonds. The van der Waals surface area contributed by atoms with Crippen molar-refractivity contribution in [2.75, 3.05) is 6.61 Å². The molecule has 8 heteroatoms. The minimum atomic E-state index is -3.62.